The number of nitrogens with one attached hydrogen (secondary N) is 1. The average Bonchev–Trinajstić information content (AvgIpc) is 2.25. The summed E-state index contributed by atoms with van der Waals surface area (Å²) in [5.74, 6) is 0.187. The number of aromatic nitrogens is 2. The molecule has 0 aliphatic carbocycles. The Kier molecular flexibility index (Phi) is 3.01. The summed E-state index contributed by atoms with van der Waals surface area (Å²) in [6, 6.07) is 4.45. The van der Waals surface area contributed by atoms with Gasteiger partial charge in [0, 0.05) is 18.1 Å². The van der Waals surface area contributed by atoms with Gasteiger partial charge < -0.3 is 5.32 Å². The highest BCUT2D eigenvalue weighted by atomic mass is 35.5. The number of hydrogen-bond acceptors (Lipinski definition) is 3. The molecule has 0 aliphatic rings. The minimum atomic E-state index is -0.270. The van der Waals surface area contributed by atoms with E-state index in [0.29, 0.717) is 5.82 Å². The van der Waals surface area contributed by atoms with E-state index in [0.717, 1.165) is 11.3 Å². The van der Waals surface area contributed by atoms with Crippen molar-refractivity contribution in [2.75, 3.05) is 5.32 Å². The standard InChI is InChI=1S/C11H9ClFN3/c1-7-6-8(13)2-3-9(7)16-11-10(12)14-4-5-15-11/h2-6H,1H3,(H,15,16). The third-order valence-electron chi connectivity index (χ3n) is 2.10. The number of hydrogen-bond donors (Lipinski definition) is 1. The molecule has 0 saturated heterocycles. The van der Waals surface area contributed by atoms with Gasteiger partial charge in [0.15, 0.2) is 11.0 Å². The molecule has 16 heavy (non-hydrogen) atoms. The van der Waals surface area contributed by atoms with Crippen molar-refractivity contribution >= 4 is 23.1 Å². The first kappa shape index (κ1) is 10.8. The molecule has 3 nitrogen and oxygen atoms in total. The van der Waals surface area contributed by atoms with Crippen LogP contribution >= 0.6 is 11.6 Å². The van der Waals surface area contributed by atoms with E-state index in [4.69, 9.17) is 11.6 Å². The maximum Gasteiger partial charge on any atom is 0.171 e. The maximum absolute atomic E-state index is 12.9. The Hall–Kier alpha value is -1.68. The van der Waals surface area contributed by atoms with Crippen molar-refractivity contribution in [2.45, 2.75) is 6.92 Å². The lowest BCUT2D eigenvalue weighted by Crippen LogP contribution is -1.97. The molecule has 82 valence electrons. The number of rotatable bonds is 2. The van der Waals surface area contributed by atoms with Crippen LogP contribution in [-0.4, -0.2) is 9.97 Å². The fraction of sp³-hybridized carbons (Fsp3) is 0.0909. The van der Waals surface area contributed by atoms with Crippen LogP contribution < -0.4 is 5.32 Å². The molecule has 0 unspecified atom stereocenters. The number of anilines is 2. The largest absolute Gasteiger partial charge is 0.337 e. The first-order valence-electron chi connectivity index (χ1n) is 4.66. The Bertz CT molecular complexity index is 516. The zero-order chi connectivity index (χ0) is 11.5. The molecule has 1 aromatic heterocycles. The molecule has 1 aromatic carbocycles. The molecule has 0 bridgehead atoms. The van der Waals surface area contributed by atoms with E-state index < -0.39 is 0 Å². The molecule has 0 atom stereocenters. The summed E-state index contributed by atoms with van der Waals surface area (Å²) in [5, 5.41) is 3.28. The van der Waals surface area contributed by atoms with Crippen molar-refractivity contribution in [1.29, 1.82) is 0 Å². The zero-order valence-electron chi connectivity index (χ0n) is 8.54. The maximum atomic E-state index is 12.9. The lowest BCUT2D eigenvalue weighted by Gasteiger charge is -2.09. The van der Waals surface area contributed by atoms with Gasteiger partial charge in [0.25, 0.3) is 0 Å². The van der Waals surface area contributed by atoms with Crippen molar-refractivity contribution < 1.29 is 4.39 Å². The van der Waals surface area contributed by atoms with Crippen LogP contribution in [0.15, 0.2) is 30.6 Å². The van der Waals surface area contributed by atoms with E-state index >= 15 is 0 Å². The Morgan fingerprint density at radius 3 is 2.69 bits per heavy atom. The Balaban J connectivity index is 2.31. The van der Waals surface area contributed by atoms with Gasteiger partial charge in [-0.25, -0.2) is 14.4 Å². The van der Waals surface area contributed by atoms with Crippen LogP contribution in [0.3, 0.4) is 0 Å². The number of benzene rings is 1. The molecule has 2 aromatic rings. The number of halogens is 2. The van der Waals surface area contributed by atoms with Gasteiger partial charge in [-0.3, -0.25) is 0 Å². The molecular weight excluding hydrogens is 229 g/mol. The van der Waals surface area contributed by atoms with Gasteiger partial charge in [-0.1, -0.05) is 11.6 Å². The van der Waals surface area contributed by atoms with E-state index in [1.807, 2.05) is 0 Å². The van der Waals surface area contributed by atoms with E-state index in [-0.39, 0.29) is 11.0 Å². The third-order valence-corrected chi connectivity index (χ3v) is 2.37. The summed E-state index contributed by atoms with van der Waals surface area (Å²) >= 11 is 5.85. The van der Waals surface area contributed by atoms with Crippen molar-refractivity contribution in [3.05, 3.63) is 47.1 Å². The average molecular weight is 238 g/mol. The third kappa shape index (κ3) is 2.28. The number of aryl methyl sites for hydroxylation is 1. The van der Waals surface area contributed by atoms with Crippen LogP contribution in [0.25, 0.3) is 0 Å². The smallest absolute Gasteiger partial charge is 0.171 e. The van der Waals surface area contributed by atoms with E-state index in [2.05, 4.69) is 15.3 Å². The minimum Gasteiger partial charge on any atom is -0.337 e. The van der Waals surface area contributed by atoms with Gasteiger partial charge >= 0.3 is 0 Å². The summed E-state index contributed by atoms with van der Waals surface area (Å²) in [7, 11) is 0. The van der Waals surface area contributed by atoms with Crippen LogP contribution in [-0.2, 0) is 0 Å². The highest BCUT2D eigenvalue weighted by Gasteiger charge is 2.05. The molecule has 2 rings (SSSR count). The summed E-state index contributed by atoms with van der Waals surface area (Å²) in [6.45, 7) is 1.80. The van der Waals surface area contributed by atoms with Gasteiger partial charge in [0.1, 0.15) is 5.82 Å². The minimum absolute atomic E-state index is 0.270. The molecule has 1 N–H and O–H groups in total. The lowest BCUT2D eigenvalue weighted by atomic mass is 10.2. The van der Waals surface area contributed by atoms with E-state index in [1.54, 1.807) is 13.0 Å². The van der Waals surface area contributed by atoms with Crippen LogP contribution in [0.5, 0.6) is 0 Å². The van der Waals surface area contributed by atoms with Gasteiger partial charge in [-0.2, -0.15) is 0 Å². The highest BCUT2D eigenvalue weighted by molar-refractivity contribution is 6.31. The predicted molar refractivity (Wildman–Crippen MR) is 61.5 cm³/mol. The second-order valence-electron chi connectivity index (χ2n) is 3.28. The van der Waals surface area contributed by atoms with Crippen LogP contribution in [0.4, 0.5) is 15.9 Å². The molecule has 0 spiro atoms. The van der Waals surface area contributed by atoms with E-state index in [1.165, 1.54) is 24.5 Å². The first-order valence-corrected chi connectivity index (χ1v) is 5.04. The zero-order valence-corrected chi connectivity index (χ0v) is 9.29. The fourth-order valence-corrected chi connectivity index (χ4v) is 1.45. The SMILES string of the molecule is Cc1cc(F)ccc1Nc1nccnc1Cl. The summed E-state index contributed by atoms with van der Waals surface area (Å²) < 4.78 is 12.9. The lowest BCUT2D eigenvalue weighted by molar-refractivity contribution is 0.627. The van der Waals surface area contributed by atoms with E-state index in [9.17, 15) is 4.39 Å². The van der Waals surface area contributed by atoms with Crippen molar-refractivity contribution in [3.8, 4) is 0 Å². The normalized spacial score (nSPS) is 10.2. The van der Waals surface area contributed by atoms with Gasteiger partial charge in [-0.15, -0.1) is 0 Å². The van der Waals surface area contributed by atoms with Crippen molar-refractivity contribution in [3.63, 3.8) is 0 Å². The van der Waals surface area contributed by atoms with Gasteiger partial charge in [0.2, 0.25) is 0 Å². The second kappa shape index (κ2) is 4.45. The summed E-state index contributed by atoms with van der Waals surface area (Å²) in [4.78, 5) is 7.93. The quantitative estimate of drug-likeness (QED) is 0.871. The van der Waals surface area contributed by atoms with Crippen molar-refractivity contribution in [2.24, 2.45) is 0 Å². The molecule has 0 saturated carbocycles. The monoisotopic (exact) mass is 237 g/mol. The summed E-state index contributed by atoms with van der Waals surface area (Å²) in [5.41, 5.74) is 1.53. The van der Waals surface area contributed by atoms with Gasteiger partial charge in [-0.05, 0) is 30.7 Å². The molecule has 0 fully saturated rings. The fourth-order valence-electron chi connectivity index (χ4n) is 1.30. The van der Waals surface area contributed by atoms with Crippen LogP contribution in [0.1, 0.15) is 5.56 Å². The molecule has 5 heteroatoms. The Labute approximate surface area is 97.3 Å². The molecule has 1 heterocycles. The molecule has 0 amide bonds. The molecule has 0 aliphatic heterocycles. The Morgan fingerprint density at radius 2 is 2.00 bits per heavy atom. The number of nitrogens with zero attached hydrogens (tertiary/aromatic N) is 2. The predicted octanol–water partition coefficient (Wildman–Crippen LogP) is 3.32. The molecule has 0 radical (unpaired) electrons. The van der Waals surface area contributed by atoms with Crippen LogP contribution in [0, 0.1) is 12.7 Å². The van der Waals surface area contributed by atoms with Crippen LogP contribution in [0.2, 0.25) is 5.15 Å². The topological polar surface area (TPSA) is 37.8 Å². The van der Waals surface area contributed by atoms with Gasteiger partial charge in [0.05, 0.1) is 0 Å². The Morgan fingerprint density at radius 1 is 1.25 bits per heavy atom. The van der Waals surface area contributed by atoms with Crippen molar-refractivity contribution in [1.82, 2.24) is 9.97 Å². The summed E-state index contributed by atoms with van der Waals surface area (Å²) in [6.07, 6.45) is 3.04. The highest BCUT2D eigenvalue weighted by Crippen LogP contribution is 2.23. The second-order valence-corrected chi connectivity index (χ2v) is 3.64. The molecular formula is C11H9ClFN3. The first-order chi connectivity index (χ1) is 7.66.